The highest BCUT2D eigenvalue weighted by atomic mass is 16.2. The first kappa shape index (κ1) is 17.5. The van der Waals surface area contributed by atoms with Crippen molar-refractivity contribution in [2.45, 2.75) is 38.3 Å². The van der Waals surface area contributed by atoms with E-state index in [9.17, 15) is 4.79 Å². The third-order valence-electron chi connectivity index (χ3n) is 5.05. The third-order valence-corrected chi connectivity index (χ3v) is 5.05. The zero-order chi connectivity index (χ0) is 17.9. The maximum atomic E-state index is 13.4. The van der Waals surface area contributed by atoms with Gasteiger partial charge in [0.25, 0.3) is 5.91 Å². The molecule has 1 aliphatic heterocycles. The average molecular weight is 337 g/mol. The van der Waals surface area contributed by atoms with E-state index in [0.717, 1.165) is 37.2 Å². The number of carbonyl (C=O) groups excluding carboxylic acids is 1. The predicted octanol–water partition coefficient (Wildman–Crippen LogP) is 3.27. The molecule has 1 atom stereocenters. The number of piperidine rings is 1. The van der Waals surface area contributed by atoms with Crippen LogP contribution in [-0.4, -0.2) is 29.9 Å². The number of anilines is 1. The highest BCUT2D eigenvalue weighted by molar-refractivity contribution is 5.90. The maximum absolute atomic E-state index is 13.4. The number of aryl methyl sites for hydroxylation is 1. The number of nitrogens with two attached hydrogens (primary N) is 1. The molecular formula is C21H27N3O. The fraction of sp³-hybridized carbons (Fsp3) is 0.381. The van der Waals surface area contributed by atoms with Crippen molar-refractivity contribution in [3.05, 3.63) is 65.7 Å². The Hall–Kier alpha value is -2.33. The lowest BCUT2D eigenvalue weighted by atomic mass is 9.88. The summed E-state index contributed by atoms with van der Waals surface area (Å²) >= 11 is 0. The molecular weight excluding hydrogens is 310 g/mol. The smallest absolute Gasteiger partial charge is 0.252 e. The largest absolute Gasteiger partial charge is 0.368 e. The minimum absolute atomic E-state index is 0.103. The SMILES string of the molecule is Cc1ccc(NC(C)(C(=O)N2CCC(N)CC2)c2ccccc2)cc1. The molecule has 1 unspecified atom stereocenters. The van der Waals surface area contributed by atoms with Crippen LogP contribution >= 0.6 is 0 Å². The molecule has 25 heavy (non-hydrogen) atoms. The minimum atomic E-state index is -0.808. The van der Waals surface area contributed by atoms with Crippen LogP contribution in [0.1, 0.15) is 30.9 Å². The van der Waals surface area contributed by atoms with Gasteiger partial charge in [0.2, 0.25) is 0 Å². The summed E-state index contributed by atoms with van der Waals surface area (Å²) in [4.78, 5) is 15.4. The molecule has 1 amide bonds. The molecule has 3 rings (SSSR count). The summed E-state index contributed by atoms with van der Waals surface area (Å²) < 4.78 is 0. The maximum Gasteiger partial charge on any atom is 0.252 e. The van der Waals surface area contributed by atoms with Crippen LogP contribution in [0.25, 0.3) is 0 Å². The van der Waals surface area contributed by atoms with Gasteiger partial charge in [-0.25, -0.2) is 0 Å². The van der Waals surface area contributed by atoms with Crippen LogP contribution in [0.4, 0.5) is 5.69 Å². The summed E-state index contributed by atoms with van der Waals surface area (Å²) in [5.74, 6) is 0.103. The third kappa shape index (κ3) is 3.85. The average Bonchev–Trinajstić information content (AvgIpc) is 2.64. The van der Waals surface area contributed by atoms with Crippen LogP contribution in [0.15, 0.2) is 54.6 Å². The van der Waals surface area contributed by atoms with Gasteiger partial charge in [-0.2, -0.15) is 0 Å². The van der Waals surface area contributed by atoms with E-state index in [1.165, 1.54) is 5.56 Å². The van der Waals surface area contributed by atoms with Crippen molar-refractivity contribution in [1.29, 1.82) is 0 Å². The van der Waals surface area contributed by atoms with Crippen LogP contribution in [0, 0.1) is 6.92 Å². The van der Waals surface area contributed by atoms with Crippen LogP contribution < -0.4 is 11.1 Å². The van der Waals surface area contributed by atoms with Crippen LogP contribution in [0.2, 0.25) is 0 Å². The van der Waals surface area contributed by atoms with Gasteiger partial charge in [0, 0.05) is 24.8 Å². The molecule has 2 aromatic rings. The van der Waals surface area contributed by atoms with Gasteiger partial charge >= 0.3 is 0 Å². The molecule has 1 heterocycles. The Morgan fingerprint density at radius 1 is 1.08 bits per heavy atom. The summed E-state index contributed by atoms with van der Waals surface area (Å²) in [6.07, 6.45) is 1.72. The van der Waals surface area contributed by atoms with Crippen LogP contribution in [-0.2, 0) is 10.3 Å². The quantitative estimate of drug-likeness (QED) is 0.900. The molecule has 0 spiro atoms. The van der Waals surface area contributed by atoms with Gasteiger partial charge in [0.1, 0.15) is 5.54 Å². The Morgan fingerprint density at radius 2 is 1.68 bits per heavy atom. The first-order valence-corrected chi connectivity index (χ1v) is 8.94. The molecule has 132 valence electrons. The molecule has 2 aromatic carbocycles. The van der Waals surface area contributed by atoms with E-state index in [4.69, 9.17) is 5.73 Å². The second kappa shape index (κ2) is 7.28. The molecule has 1 fully saturated rings. The lowest BCUT2D eigenvalue weighted by Gasteiger charge is -2.39. The van der Waals surface area contributed by atoms with Crippen LogP contribution in [0.5, 0.6) is 0 Å². The van der Waals surface area contributed by atoms with Gasteiger partial charge in [-0.05, 0) is 44.4 Å². The number of benzene rings is 2. The summed E-state index contributed by atoms with van der Waals surface area (Å²) in [6, 6.07) is 18.3. The Bertz CT molecular complexity index is 706. The van der Waals surface area contributed by atoms with E-state index in [0.29, 0.717) is 0 Å². The van der Waals surface area contributed by atoms with E-state index in [1.807, 2.05) is 54.3 Å². The van der Waals surface area contributed by atoms with Crippen molar-refractivity contribution < 1.29 is 4.79 Å². The van der Waals surface area contributed by atoms with Gasteiger partial charge < -0.3 is 16.0 Å². The highest BCUT2D eigenvalue weighted by Gasteiger charge is 2.39. The number of carbonyl (C=O) groups is 1. The molecule has 1 saturated heterocycles. The van der Waals surface area contributed by atoms with Gasteiger partial charge in [0.15, 0.2) is 0 Å². The van der Waals surface area contributed by atoms with E-state index in [1.54, 1.807) is 0 Å². The van der Waals surface area contributed by atoms with Crippen molar-refractivity contribution >= 4 is 11.6 Å². The first-order chi connectivity index (χ1) is 12.0. The van der Waals surface area contributed by atoms with Gasteiger partial charge in [0.05, 0.1) is 0 Å². The highest BCUT2D eigenvalue weighted by Crippen LogP contribution is 2.29. The zero-order valence-corrected chi connectivity index (χ0v) is 15.0. The van der Waals surface area contributed by atoms with Crippen molar-refractivity contribution in [2.75, 3.05) is 18.4 Å². The number of nitrogens with zero attached hydrogens (tertiary/aromatic N) is 1. The number of hydrogen-bond acceptors (Lipinski definition) is 3. The second-order valence-electron chi connectivity index (χ2n) is 7.11. The molecule has 0 bridgehead atoms. The summed E-state index contributed by atoms with van der Waals surface area (Å²) in [5, 5.41) is 3.48. The van der Waals surface area contributed by atoms with Crippen molar-refractivity contribution in [3.63, 3.8) is 0 Å². The fourth-order valence-electron chi connectivity index (χ4n) is 3.36. The normalized spacial score (nSPS) is 17.8. The van der Waals surface area contributed by atoms with E-state index < -0.39 is 5.54 Å². The van der Waals surface area contributed by atoms with Gasteiger partial charge in [-0.3, -0.25) is 4.79 Å². The van der Waals surface area contributed by atoms with E-state index in [-0.39, 0.29) is 11.9 Å². The van der Waals surface area contributed by atoms with Gasteiger partial charge in [-0.15, -0.1) is 0 Å². The molecule has 3 N–H and O–H groups in total. The monoisotopic (exact) mass is 337 g/mol. The molecule has 4 heteroatoms. The molecule has 0 aliphatic carbocycles. The predicted molar refractivity (Wildman–Crippen MR) is 102 cm³/mol. The Morgan fingerprint density at radius 3 is 2.28 bits per heavy atom. The lowest BCUT2D eigenvalue weighted by Crippen LogP contribution is -2.53. The van der Waals surface area contributed by atoms with Crippen molar-refractivity contribution in [2.24, 2.45) is 5.73 Å². The van der Waals surface area contributed by atoms with Gasteiger partial charge in [-0.1, -0.05) is 48.0 Å². The number of nitrogens with one attached hydrogen (secondary N) is 1. The standard InChI is InChI=1S/C21H27N3O/c1-16-8-10-19(11-9-16)23-21(2,17-6-4-3-5-7-17)20(25)24-14-12-18(22)13-15-24/h3-11,18,23H,12-15,22H2,1-2H3. The number of hydrogen-bond donors (Lipinski definition) is 2. The minimum Gasteiger partial charge on any atom is -0.368 e. The first-order valence-electron chi connectivity index (χ1n) is 8.94. The lowest BCUT2D eigenvalue weighted by molar-refractivity contribution is -0.136. The summed E-state index contributed by atoms with van der Waals surface area (Å²) in [7, 11) is 0. The molecule has 0 saturated carbocycles. The molecule has 0 radical (unpaired) electrons. The van der Waals surface area contributed by atoms with Crippen molar-refractivity contribution in [3.8, 4) is 0 Å². The van der Waals surface area contributed by atoms with E-state index in [2.05, 4.69) is 24.4 Å². The number of rotatable bonds is 4. The number of amides is 1. The Kier molecular flexibility index (Phi) is 5.09. The topological polar surface area (TPSA) is 58.4 Å². The van der Waals surface area contributed by atoms with Crippen LogP contribution in [0.3, 0.4) is 0 Å². The Balaban J connectivity index is 1.91. The molecule has 0 aromatic heterocycles. The number of likely N-dealkylation sites (tertiary alicyclic amines) is 1. The van der Waals surface area contributed by atoms with E-state index >= 15 is 0 Å². The second-order valence-corrected chi connectivity index (χ2v) is 7.11. The Labute approximate surface area is 150 Å². The zero-order valence-electron chi connectivity index (χ0n) is 15.0. The fourth-order valence-corrected chi connectivity index (χ4v) is 3.36. The molecule has 1 aliphatic rings. The molecule has 4 nitrogen and oxygen atoms in total. The summed E-state index contributed by atoms with van der Waals surface area (Å²) in [6.45, 7) is 5.47. The summed E-state index contributed by atoms with van der Waals surface area (Å²) in [5.41, 5.74) is 8.30. The van der Waals surface area contributed by atoms with Crippen molar-refractivity contribution in [1.82, 2.24) is 4.90 Å².